The van der Waals surface area contributed by atoms with Gasteiger partial charge in [0.2, 0.25) is 0 Å². The summed E-state index contributed by atoms with van der Waals surface area (Å²) in [5.41, 5.74) is 6.38. The van der Waals surface area contributed by atoms with Crippen LogP contribution in [0.15, 0.2) is 18.2 Å². The van der Waals surface area contributed by atoms with Gasteiger partial charge in [-0.3, -0.25) is 0 Å². The molecule has 0 amide bonds. The van der Waals surface area contributed by atoms with E-state index in [1.807, 2.05) is 6.92 Å². The molecule has 0 aliphatic rings. The van der Waals surface area contributed by atoms with Crippen molar-refractivity contribution in [2.75, 3.05) is 0 Å². The van der Waals surface area contributed by atoms with Gasteiger partial charge >= 0.3 is 6.61 Å². The summed E-state index contributed by atoms with van der Waals surface area (Å²) in [6.07, 6.45) is 1.24. The van der Waals surface area contributed by atoms with Crippen LogP contribution >= 0.6 is 11.6 Å². The summed E-state index contributed by atoms with van der Waals surface area (Å²) in [4.78, 5) is 0. The van der Waals surface area contributed by atoms with Crippen LogP contribution in [-0.2, 0) is 6.42 Å². The fraction of sp³-hybridized carbons (Fsp3) is 0.455. The zero-order valence-electron chi connectivity index (χ0n) is 8.92. The van der Waals surface area contributed by atoms with Crippen LogP contribution in [0, 0.1) is 0 Å². The normalized spacial score (nSPS) is 12.9. The number of nitrogens with two attached hydrogens (primary N) is 1. The molecule has 0 radical (unpaired) electrons. The first-order valence-corrected chi connectivity index (χ1v) is 5.39. The molecular formula is C11H14ClF2NO. The molecule has 1 aromatic rings. The standard InChI is InChI=1S/C11H14ClF2NO/c1-2-9(15)6-7-5-8(12)3-4-10(7)16-11(13)14/h3-5,9,11H,2,6,15H2,1H3. The number of alkyl halides is 2. The fourth-order valence-corrected chi connectivity index (χ4v) is 1.54. The Morgan fingerprint density at radius 3 is 2.69 bits per heavy atom. The molecule has 2 nitrogen and oxygen atoms in total. The smallest absolute Gasteiger partial charge is 0.387 e. The maximum Gasteiger partial charge on any atom is 0.387 e. The average molecular weight is 250 g/mol. The van der Waals surface area contributed by atoms with Gasteiger partial charge in [-0.15, -0.1) is 0 Å². The van der Waals surface area contributed by atoms with E-state index in [4.69, 9.17) is 17.3 Å². The quantitative estimate of drug-likeness (QED) is 0.870. The van der Waals surface area contributed by atoms with Crippen molar-refractivity contribution >= 4 is 11.6 Å². The molecule has 5 heteroatoms. The maximum absolute atomic E-state index is 12.1. The highest BCUT2D eigenvalue weighted by atomic mass is 35.5. The Kier molecular flexibility index (Phi) is 4.96. The molecule has 0 heterocycles. The van der Waals surface area contributed by atoms with E-state index in [-0.39, 0.29) is 11.8 Å². The molecule has 1 unspecified atom stereocenters. The van der Waals surface area contributed by atoms with Crippen molar-refractivity contribution in [2.45, 2.75) is 32.4 Å². The van der Waals surface area contributed by atoms with Crippen LogP contribution < -0.4 is 10.5 Å². The van der Waals surface area contributed by atoms with Crippen molar-refractivity contribution in [1.29, 1.82) is 0 Å². The van der Waals surface area contributed by atoms with E-state index in [1.54, 1.807) is 6.07 Å². The first-order valence-electron chi connectivity index (χ1n) is 5.01. The zero-order valence-corrected chi connectivity index (χ0v) is 9.68. The van der Waals surface area contributed by atoms with Crippen molar-refractivity contribution in [1.82, 2.24) is 0 Å². The number of hydrogen-bond acceptors (Lipinski definition) is 2. The third-order valence-corrected chi connectivity index (χ3v) is 2.48. The SMILES string of the molecule is CCC(N)Cc1cc(Cl)ccc1OC(F)F. The Morgan fingerprint density at radius 2 is 2.12 bits per heavy atom. The second-order valence-corrected chi connectivity index (χ2v) is 3.94. The Hall–Kier alpha value is -0.870. The van der Waals surface area contributed by atoms with Gasteiger partial charge in [0, 0.05) is 11.1 Å². The van der Waals surface area contributed by atoms with E-state index in [0.717, 1.165) is 6.42 Å². The summed E-state index contributed by atoms with van der Waals surface area (Å²) in [7, 11) is 0. The average Bonchev–Trinajstić information content (AvgIpc) is 2.21. The molecular weight excluding hydrogens is 236 g/mol. The molecule has 1 rings (SSSR count). The van der Waals surface area contributed by atoms with Crippen LogP contribution in [0.25, 0.3) is 0 Å². The van der Waals surface area contributed by atoms with Gasteiger partial charge in [0.1, 0.15) is 5.75 Å². The summed E-state index contributed by atoms with van der Waals surface area (Å²) in [5, 5.41) is 0.486. The monoisotopic (exact) mass is 249 g/mol. The van der Waals surface area contributed by atoms with Gasteiger partial charge in [0.15, 0.2) is 0 Å². The third kappa shape index (κ3) is 3.94. The Balaban J connectivity index is 2.89. The van der Waals surface area contributed by atoms with Gasteiger partial charge < -0.3 is 10.5 Å². The molecule has 1 atom stereocenters. The maximum atomic E-state index is 12.1. The summed E-state index contributed by atoms with van der Waals surface area (Å²) in [6, 6.07) is 4.47. The van der Waals surface area contributed by atoms with E-state index >= 15 is 0 Å². The molecule has 0 saturated heterocycles. The van der Waals surface area contributed by atoms with E-state index in [9.17, 15) is 8.78 Å². The number of halogens is 3. The topological polar surface area (TPSA) is 35.2 Å². The minimum absolute atomic E-state index is 0.0847. The second-order valence-electron chi connectivity index (χ2n) is 3.50. The first kappa shape index (κ1) is 13.2. The molecule has 0 aromatic heterocycles. The molecule has 1 aromatic carbocycles. The van der Waals surface area contributed by atoms with Crippen molar-refractivity contribution in [3.8, 4) is 5.75 Å². The van der Waals surface area contributed by atoms with Crippen LogP contribution in [0.5, 0.6) is 5.75 Å². The van der Waals surface area contributed by atoms with E-state index in [0.29, 0.717) is 17.0 Å². The molecule has 0 aliphatic carbocycles. The van der Waals surface area contributed by atoms with Crippen molar-refractivity contribution < 1.29 is 13.5 Å². The highest BCUT2D eigenvalue weighted by molar-refractivity contribution is 6.30. The summed E-state index contributed by atoms with van der Waals surface area (Å²) in [5.74, 6) is 0.142. The lowest BCUT2D eigenvalue weighted by Gasteiger charge is -2.14. The molecule has 0 bridgehead atoms. The van der Waals surface area contributed by atoms with Crippen molar-refractivity contribution in [2.24, 2.45) is 5.73 Å². The number of ether oxygens (including phenoxy) is 1. The Morgan fingerprint density at radius 1 is 1.44 bits per heavy atom. The third-order valence-electron chi connectivity index (χ3n) is 2.25. The predicted molar refractivity (Wildman–Crippen MR) is 60.1 cm³/mol. The predicted octanol–water partition coefficient (Wildman–Crippen LogP) is 3.22. The summed E-state index contributed by atoms with van der Waals surface area (Å²) < 4.78 is 28.7. The highest BCUT2D eigenvalue weighted by Crippen LogP contribution is 2.25. The van der Waals surface area contributed by atoms with Crippen LogP contribution in [0.2, 0.25) is 5.02 Å². The van der Waals surface area contributed by atoms with Crippen molar-refractivity contribution in [3.63, 3.8) is 0 Å². The second kappa shape index (κ2) is 6.01. The first-order chi connectivity index (χ1) is 7.52. The molecule has 90 valence electrons. The van der Waals surface area contributed by atoms with Crippen LogP contribution in [-0.4, -0.2) is 12.7 Å². The van der Waals surface area contributed by atoms with Gasteiger partial charge in [0.05, 0.1) is 0 Å². The lowest BCUT2D eigenvalue weighted by Crippen LogP contribution is -2.22. The van der Waals surface area contributed by atoms with E-state index in [1.165, 1.54) is 12.1 Å². The minimum Gasteiger partial charge on any atom is -0.435 e. The molecule has 0 aliphatic heterocycles. The molecule has 0 fully saturated rings. The van der Waals surface area contributed by atoms with Crippen molar-refractivity contribution in [3.05, 3.63) is 28.8 Å². The van der Waals surface area contributed by atoms with E-state index in [2.05, 4.69) is 4.74 Å². The lowest BCUT2D eigenvalue weighted by molar-refractivity contribution is -0.0504. The van der Waals surface area contributed by atoms with Crippen LogP contribution in [0.4, 0.5) is 8.78 Å². The number of benzene rings is 1. The Bertz CT molecular complexity index is 347. The molecule has 0 spiro atoms. The largest absolute Gasteiger partial charge is 0.435 e. The summed E-state index contributed by atoms with van der Waals surface area (Å²) >= 11 is 5.80. The minimum atomic E-state index is -2.84. The van der Waals surface area contributed by atoms with Gasteiger partial charge in [0.25, 0.3) is 0 Å². The van der Waals surface area contributed by atoms with Crippen LogP contribution in [0.1, 0.15) is 18.9 Å². The number of hydrogen-bond donors (Lipinski definition) is 1. The highest BCUT2D eigenvalue weighted by Gasteiger charge is 2.12. The van der Waals surface area contributed by atoms with Crippen LogP contribution in [0.3, 0.4) is 0 Å². The van der Waals surface area contributed by atoms with Gasteiger partial charge in [-0.25, -0.2) is 0 Å². The molecule has 16 heavy (non-hydrogen) atoms. The van der Waals surface area contributed by atoms with Gasteiger partial charge in [-0.2, -0.15) is 8.78 Å². The van der Waals surface area contributed by atoms with E-state index < -0.39 is 6.61 Å². The zero-order chi connectivity index (χ0) is 12.1. The lowest BCUT2D eigenvalue weighted by atomic mass is 10.0. The number of rotatable bonds is 5. The fourth-order valence-electron chi connectivity index (χ4n) is 1.35. The van der Waals surface area contributed by atoms with Gasteiger partial charge in [-0.05, 0) is 36.6 Å². The molecule has 0 saturated carbocycles. The molecule has 2 N–H and O–H groups in total. The Labute approximate surface area is 98.3 Å². The van der Waals surface area contributed by atoms with Gasteiger partial charge in [-0.1, -0.05) is 18.5 Å². The summed E-state index contributed by atoms with van der Waals surface area (Å²) in [6.45, 7) is -0.902.